The Kier molecular flexibility index (Phi) is 6.23. The van der Waals surface area contributed by atoms with Crippen LogP contribution >= 0.6 is 45.2 Å². The minimum atomic E-state index is -0.576. The van der Waals surface area contributed by atoms with Crippen LogP contribution < -0.4 is 10.4 Å². The molecule has 0 atom stereocenters. The smallest absolute Gasteiger partial charge is 0.338 e. The van der Waals surface area contributed by atoms with Gasteiger partial charge in [0.1, 0.15) is 11.3 Å². The van der Waals surface area contributed by atoms with E-state index in [0.717, 1.165) is 8.58 Å². The highest BCUT2D eigenvalue weighted by molar-refractivity contribution is 14.1. The van der Waals surface area contributed by atoms with E-state index < -0.39 is 17.8 Å². The lowest BCUT2D eigenvalue weighted by Crippen LogP contribution is -2.35. The molecule has 1 aliphatic heterocycles. The third-order valence-electron chi connectivity index (χ3n) is 3.89. The number of amides is 2. The standard InChI is InChI=1S/C19H14I2N2O5/c1-2-28-19(27)10-3-5-13(6-4-10)23-18(26)14(17(25)22-23)8-11-7-12(20)9-15(21)16(11)24/h3-9,24H,2H2,1H3,(H,22,25). The third kappa shape index (κ3) is 4.14. The van der Waals surface area contributed by atoms with Crippen molar-refractivity contribution in [2.45, 2.75) is 6.92 Å². The first-order chi connectivity index (χ1) is 13.3. The largest absolute Gasteiger partial charge is 0.506 e. The van der Waals surface area contributed by atoms with E-state index in [1.54, 1.807) is 31.2 Å². The van der Waals surface area contributed by atoms with E-state index in [4.69, 9.17) is 4.74 Å². The Bertz CT molecular complexity index is 1000. The van der Waals surface area contributed by atoms with Crippen molar-refractivity contribution in [3.05, 3.63) is 60.2 Å². The Morgan fingerprint density at radius 3 is 2.54 bits per heavy atom. The average Bonchev–Trinajstić information content (AvgIpc) is 2.94. The van der Waals surface area contributed by atoms with Crippen molar-refractivity contribution in [3.8, 4) is 5.75 Å². The fourth-order valence-electron chi connectivity index (χ4n) is 2.55. The van der Waals surface area contributed by atoms with Gasteiger partial charge in [-0.25, -0.2) is 9.80 Å². The van der Waals surface area contributed by atoms with Crippen LogP contribution in [0.4, 0.5) is 5.69 Å². The summed E-state index contributed by atoms with van der Waals surface area (Å²) in [6.45, 7) is 1.98. The maximum absolute atomic E-state index is 12.7. The second kappa shape index (κ2) is 8.47. The van der Waals surface area contributed by atoms with E-state index in [1.165, 1.54) is 18.2 Å². The number of ether oxygens (including phenoxy) is 1. The zero-order valence-corrected chi connectivity index (χ0v) is 18.8. The van der Waals surface area contributed by atoms with Crippen molar-refractivity contribution in [2.24, 2.45) is 0 Å². The van der Waals surface area contributed by atoms with E-state index in [1.807, 2.05) is 22.6 Å². The fraction of sp³-hybridized carbons (Fsp3) is 0.105. The molecule has 1 aliphatic rings. The van der Waals surface area contributed by atoms with Crippen LogP contribution in [-0.4, -0.2) is 29.5 Å². The summed E-state index contributed by atoms with van der Waals surface area (Å²) in [6.07, 6.45) is 1.37. The number of halogens is 2. The summed E-state index contributed by atoms with van der Waals surface area (Å²) in [6, 6.07) is 9.58. The monoisotopic (exact) mass is 604 g/mol. The molecule has 0 aliphatic carbocycles. The lowest BCUT2D eigenvalue weighted by Gasteiger charge is -2.14. The second-order valence-corrected chi connectivity index (χ2v) is 8.14. The molecule has 9 heteroatoms. The maximum Gasteiger partial charge on any atom is 0.338 e. The highest BCUT2D eigenvalue weighted by Crippen LogP contribution is 2.30. The van der Waals surface area contributed by atoms with Crippen LogP contribution in [0, 0.1) is 7.14 Å². The molecule has 0 saturated carbocycles. The van der Waals surface area contributed by atoms with Gasteiger partial charge >= 0.3 is 5.97 Å². The number of esters is 1. The number of phenolic OH excluding ortho intramolecular Hbond substituents is 1. The van der Waals surface area contributed by atoms with Gasteiger partial charge in [0.25, 0.3) is 11.8 Å². The fourth-order valence-corrected chi connectivity index (χ4v) is 4.44. The number of phenols is 1. The van der Waals surface area contributed by atoms with Crippen molar-refractivity contribution in [1.29, 1.82) is 0 Å². The molecule has 0 unspecified atom stereocenters. The second-order valence-electron chi connectivity index (χ2n) is 5.73. The molecule has 0 spiro atoms. The highest BCUT2D eigenvalue weighted by Gasteiger charge is 2.34. The molecular weight excluding hydrogens is 590 g/mol. The molecule has 0 radical (unpaired) electrons. The van der Waals surface area contributed by atoms with E-state index >= 15 is 0 Å². The van der Waals surface area contributed by atoms with Crippen LogP contribution in [0.1, 0.15) is 22.8 Å². The minimum Gasteiger partial charge on any atom is -0.506 e. The van der Waals surface area contributed by atoms with Gasteiger partial charge in [0, 0.05) is 9.13 Å². The van der Waals surface area contributed by atoms with Crippen LogP contribution in [0.25, 0.3) is 6.08 Å². The molecule has 144 valence electrons. The molecule has 2 amide bonds. The quantitative estimate of drug-likeness (QED) is 0.242. The summed E-state index contributed by atoms with van der Waals surface area (Å²) < 4.78 is 6.41. The highest BCUT2D eigenvalue weighted by atomic mass is 127. The lowest BCUT2D eigenvalue weighted by atomic mass is 10.1. The van der Waals surface area contributed by atoms with Gasteiger partial charge in [-0.05, 0) is 94.6 Å². The number of nitrogens with one attached hydrogen (secondary N) is 1. The van der Waals surface area contributed by atoms with Crippen molar-refractivity contribution in [2.75, 3.05) is 11.6 Å². The number of rotatable bonds is 4. The molecule has 0 aromatic heterocycles. The van der Waals surface area contributed by atoms with Crippen LogP contribution in [0.3, 0.4) is 0 Å². The van der Waals surface area contributed by atoms with Gasteiger partial charge in [0.2, 0.25) is 0 Å². The summed E-state index contributed by atoms with van der Waals surface area (Å²) >= 11 is 4.08. The topological polar surface area (TPSA) is 95.9 Å². The summed E-state index contributed by atoms with van der Waals surface area (Å²) in [5.74, 6) is -1.59. The number of hydrogen-bond donors (Lipinski definition) is 2. The molecule has 7 nitrogen and oxygen atoms in total. The zero-order chi connectivity index (χ0) is 20.4. The van der Waals surface area contributed by atoms with Gasteiger partial charge < -0.3 is 9.84 Å². The van der Waals surface area contributed by atoms with Gasteiger partial charge in [-0.1, -0.05) is 0 Å². The molecule has 2 aromatic rings. The lowest BCUT2D eigenvalue weighted by molar-refractivity contribution is -0.117. The van der Waals surface area contributed by atoms with Crippen molar-refractivity contribution in [1.82, 2.24) is 5.43 Å². The van der Waals surface area contributed by atoms with Crippen LogP contribution in [0.2, 0.25) is 0 Å². The average molecular weight is 604 g/mol. The SMILES string of the molecule is CCOC(=O)c1ccc(N2NC(=O)C(=Cc3cc(I)cc(I)c3O)C2=O)cc1. The van der Waals surface area contributed by atoms with E-state index in [-0.39, 0.29) is 17.9 Å². The van der Waals surface area contributed by atoms with E-state index in [9.17, 15) is 19.5 Å². The Hall–Kier alpha value is -2.15. The van der Waals surface area contributed by atoms with Gasteiger partial charge in [0.05, 0.1) is 21.4 Å². The summed E-state index contributed by atoms with van der Waals surface area (Å²) in [5.41, 5.74) is 3.52. The summed E-state index contributed by atoms with van der Waals surface area (Å²) in [7, 11) is 0. The Balaban J connectivity index is 1.89. The van der Waals surface area contributed by atoms with Crippen molar-refractivity contribution < 1.29 is 24.2 Å². The predicted molar refractivity (Wildman–Crippen MR) is 120 cm³/mol. The number of carbonyl (C=O) groups is 3. The molecule has 2 aromatic carbocycles. The summed E-state index contributed by atoms with van der Waals surface area (Å²) in [5, 5.41) is 11.3. The third-order valence-corrected chi connectivity index (χ3v) is 5.33. The number of carbonyl (C=O) groups excluding carboxylic acids is 3. The number of hydrogen-bond acceptors (Lipinski definition) is 5. The molecule has 1 heterocycles. The number of nitrogens with zero attached hydrogens (tertiary/aromatic N) is 1. The summed E-state index contributed by atoms with van der Waals surface area (Å²) in [4.78, 5) is 36.8. The zero-order valence-electron chi connectivity index (χ0n) is 14.5. The van der Waals surface area contributed by atoms with Crippen LogP contribution in [-0.2, 0) is 14.3 Å². The first kappa shape index (κ1) is 20.6. The molecule has 28 heavy (non-hydrogen) atoms. The van der Waals surface area contributed by atoms with Gasteiger partial charge in [-0.15, -0.1) is 0 Å². The Morgan fingerprint density at radius 2 is 1.89 bits per heavy atom. The van der Waals surface area contributed by atoms with Gasteiger partial charge in [-0.2, -0.15) is 0 Å². The number of hydrazine groups is 1. The number of anilines is 1. The molecule has 1 saturated heterocycles. The van der Waals surface area contributed by atoms with Crippen LogP contribution in [0.5, 0.6) is 5.75 Å². The van der Waals surface area contributed by atoms with E-state index in [2.05, 4.69) is 28.0 Å². The van der Waals surface area contributed by atoms with Crippen molar-refractivity contribution >= 4 is 74.7 Å². The molecular formula is C19H14I2N2O5. The maximum atomic E-state index is 12.7. The van der Waals surface area contributed by atoms with Gasteiger partial charge in [-0.3, -0.25) is 15.0 Å². The van der Waals surface area contributed by atoms with E-state index in [0.29, 0.717) is 20.4 Å². The minimum absolute atomic E-state index is 0.00588. The van der Waals surface area contributed by atoms with Crippen LogP contribution in [0.15, 0.2) is 42.0 Å². The predicted octanol–water partition coefficient (Wildman–Crippen LogP) is 3.24. The molecule has 0 bridgehead atoms. The number of aromatic hydroxyl groups is 1. The Labute approximate surface area is 188 Å². The Morgan fingerprint density at radius 1 is 1.21 bits per heavy atom. The van der Waals surface area contributed by atoms with Crippen molar-refractivity contribution in [3.63, 3.8) is 0 Å². The number of benzene rings is 2. The molecule has 3 rings (SSSR count). The molecule has 1 fully saturated rings. The first-order valence-electron chi connectivity index (χ1n) is 8.14. The van der Waals surface area contributed by atoms with Gasteiger partial charge in [0.15, 0.2) is 0 Å². The first-order valence-corrected chi connectivity index (χ1v) is 10.3. The molecule has 2 N–H and O–H groups in total. The normalized spacial score (nSPS) is 15.1.